The molecule has 5 heteroatoms. The fourth-order valence-electron chi connectivity index (χ4n) is 2.19. The van der Waals surface area contributed by atoms with Crippen LogP contribution >= 0.6 is 0 Å². The SMILES string of the molecule is Cc1oc(CCC(=O)O)nc1C1CCCCN1. The first kappa shape index (κ1) is 12.1. The Labute approximate surface area is 100 Å². The summed E-state index contributed by atoms with van der Waals surface area (Å²) in [6, 6.07) is 0.270. The van der Waals surface area contributed by atoms with Crippen molar-refractivity contribution in [2.75, 3.05) is 6.54 Å². The molecule has 1 aliphatic rings. The summed E-state index contributed by atoms with van der Waals surface area (Å²) in [7, 11) is 0. The van der Waals surface area contributed by atoms with E-state index in [1.54, 1.807) is 0 Å². The third-order valence-electron chi connectivity index (χ3n) is 3.07. The molecule has 1 fully saturated rings. The topological polar surface area (TPSA) is 75.4 Å². The number of hydrogen-bond donors (Lipinski definition) is 2. The number of carbonyl (C=O) groups is 1. The second-order valence-electron chi connectivity index (χ2n) is 4.45. The highest BCUT2D eigenvalue weighted by Gasteiger charge is 2.21. The van der Waals surface area contributed by atoms with Crippen molar-refractivity contribution in [1.29, 1.82) is 0 Å². The van der Waals surface area contributed by atoms with E-state index in [-0.39, 0.29) is 12.5 Å². The maximum absolute atomic E-state index is 10.5. The zero-order valence-electron chi connectivity index (χ0n) is 10.0. The third kappa shape index (κ3) is 3.06. The minimum atomic E-state index is -0.821. The van der Waals surface area contributed by atoms with Gasteiger partial charge in [0, 0.05) is 6.42 Å². The van der Waals surface area contributed by atoms with E-state index in [4.69, 9.17) is 9.52 Å². The highest BCUT2D eigenvalue weighted by atomic mass is 16.4. The van der Waals surface area contributed by atoms with Crippen molar-refractivity contribution >= 4 is 5.97 Å². The molecule has 17 heavy (non-hydrogen) atoms. The zero-order chi connectivity index (χ0) is 12.3. The van der Waals surface area contributed by atoms with Gasteiger partial charge in [0.25, 0.3) is 0 Å². The molecule has 0 bridgehead atoms. The summed E-state index contributed by atoms with van der Waals surface area (Å²) >= 11 is 0. The highest BCUT2D eigenvalue weighted by Crippen LogP contribution is 2.25. The number of carboxylic acid groups (broad SMARTS) is 1. The molecule has 1 aromatic rings. The molecule has 0 amide bonds. The van der Waals surface area contributed by atoms with Gasteiger partial charge in [0.05, 0.1) is 18.2 Å². The largest absolute Gasteiger partial charge is 0.481 e. The van der Waals surface area contributed by atoms with Crippen molar-refractivity contribution in [3.63, 3.8) is 0 Å². The van der Waals surface area contributed by atoms with Crippen molar-refractivity contribution in [3.05, 3.63) is 17.3 Å². The van der Waals surface area contributed by atoms with Gasteiger partial charge >= 0.3 is 5.97 Å². The van der Waals surface area contributed by atoms with Crippen molar-refractivity contribution in [1.82, 2.24) is 10.3 Å². The predicted octanol–water partition coefficient (Wildman–Crippen LogP) is 1.81. The summed E-state index contributed by atoms with van der Waals surface area (Å²) in [4.78, 5) is 14.9. The first-order valence-corrected chi connectivity index (χ1v) is 6.08. The zero-order valence-corrected chi connectivity index (χ0v) is 10.0. The molecule has 2 N–H and O–H groups in total. The molecule has 1 saturated heterocycles. The van der Waals surface area contributed by atoms with E-state index in [9.17, 15) is 4.79 Å². The van der Waals surface area contributed by atoms with Crippen LogP contribution in [0.3, 0.4) is 0 Å². The summed E-state index contributed by atoms with van der Waals surface area (Å²) in [5.41, 5.74) is 0.949. The molecule has 1 unspecified atom stereocenters. The van der Waals surface area contributed by atoms with Crippen LogP contribution in [0.25, 0.3) is 0 Å². The van der Waals surface area contributed by atoms with E-state index in [1.807, 2.05) is 6.92 Å². The minimum Gasteiger partial charge on any atom is -0.481 e. The highest BCUT2D eigenvalue weighted by molar-refractivity contribution is 5.66. The molecule has 0 radical (unpaired) electrons. The molecule has 1 aromatic heterocycles. The number of aryl methyl sites for hydroxylation is 2. The summed E-state index contributed by atoms with van der Waals surface area (Å²) in [6.45, 7) is 2.91. The number of aromatic nitrogens is 1. The van der Waals surface area contributed by atoms with E-state index in [1.165, 1.54) is 12.8 Å². The van der Waals surface area contributed by atoms with Gasteiger partial charge < -0.3 is 14.8 Å². The number of nitrogens with one attached hydrogen (secondary N) is 1. The fraction of sp³-hybridized carbons (Fsp3) is 0.667. The van der Waals surface area contributed by atoms with Crippen LogP contribution < -0.4 is 5.32 Å². The van der Waals surface area contributed by atoms with Gasteiger partial charge in [0.15, 0.2) is 5.89 Å². The van der Waals surface area contributed by atoms with Crippen LogP contribution in [0.4, 0.5) is 0 Å². The van der Waals surface area contributed by atoms with Crippen molar-refractivity contribution in [3.8, 4) is 0 Å². The molecular formula is C12H18N2O3. The standard InChI is InChI=1S/C12H18N2O3/c1-8-12(9-4-2-3-7-13-9)14-10(17-8)5-6-11(15)16/h9,13H,2-7H2,1H3,(H,15,16). The molecule has 2 rings (SSSR count). The van der Waals surface area contributed by atoms with E-state index in [0.29, 0.717) is 12.3 Å². The van der Waals surface area contributed by atoms with Gasteiger partial charge in [0.1, 0.15) is 5.76 Å². The number of hydrogen-bond acceptors (Lipinski definition) is 4. The average Bonchev–Trinajstić information content (AvgIpc) is 2.69. The lowest BCUT2D eigenvalue weighted by Crippen LogP contribution is -2.27. The molecule has 2 heterocycles. The van der Waals surface area contributed by atoms with E-state index < -0.39 is 5.97 Å². The smallest absolute Gasteiger partial charge is 0.303 e. The summed E-state index contributed by atoms with van der Waals surface area (Å²) < 4.78 is 5.50. The monoisotopic (exact) mass is 238 g/mol. The van der Waals surface area contributed by atoms with Crippen LogP contribution in [0.15, 0.2) is 4.42 Å². The number of piperidine rings is 1. The lowest BCUT2D eigenvalue weighted by atomic mass is 10.0. The Morgan fingerprint density at radius 1 is 1.59 bits per heavy atom. The summed E-state index contributed by atoms with van der Waals surface area (Å²) in [5.74, 6) is 0.523. The molecule has 94 valence electrons. The summed E-state index contributed by atoms with van der Waals surface area (Å²) in [6.07, 6.45) is 3.92. The van der Waals surface area contributed by atoms with Crippen molar-refractivity contribution < 1.29 is 14.3 Å². The molecule has 0 aromatic carbocycles. The molecule has 5 nitrogen and oxygen atoms in total. The van der Waals surface area contributed by atoms with E-state index >= 15 is 0 Å². The third-order valence-corrected chi connectivity index (χ3v) is 3.07. The number of carboxylic acids is 1. The van der Waals surface area contributed by atoms with Gasteiger partial charge in [-0.3, -0.25) is 4.79 Å². The van der Waals surface area contributed by atoms with E-state index in [0.717, 1.165) is 24.4 Å². The molecule has 0 aliphatic carbocycles. The molecule has 0 spiro atoms. The molecule has 1 atom stereocenters. The van der Waals surface area contributed by atoms with Crippen LogP contribution in [0.2, 0.25) is 0 Å². The van der Waals surface area contributed by atoms with Gasteiger partial charge in [0.2, 0.25) is 0 Å². The first-order chi connectivity index (χ1) is 8.16. The van der Waals surface area contributed by atoms with Gasteiger partial charge in [-0.25, -0.2) is 4.98 Å². The normalized spacial score (nSPS) is 20.4. The Balaban J connectivity index is 2.04. The predicted molar refractivity (Wildman–Crippen MR) is 61.8 cm³/mol. The second kappa shape index (κ2) is 5.31. The van der Waals surface area contributed by atoms with Crippen LogP contribution in [-0.4, -0.2) is 22.6 Å². The fourth-order valence-corrected chi connectivity index (χ4v) is 2.19. The van der Waals surface area contributed by atoms with Gasteiger partial charge in [-0.1, -0.05) is 6.42 Å². The van der Waals surface area contributed by atoms with Gasteiger partial charge in [-0.15, -0.1) is 0 Å². The van der Waals surface area contributed by atoms with Gasteiger partial charge in [-0.2, -0.15) is 0 Å². The Morgan fingerprint density at radius 3 is 3.06 bits per heavy atom. The van der Waals surface area contributed by atoms with Crippen LogP contribution in [0, 0.1) is 6.92 Å². The summed E-state index contributed by atoms with van der Waals surface area (Å²) in [5, 5.41) is 12.0. The van der Waals surface area contributed by atoms with Crippen LogP contribution in [0.1, 0.15) is 49.1 Å². The first-order valence-electron chi connectivity index (χ1n) is 6.08. The maximum Gasteiger partial charge on any atom is 0.303 e. The van der Waals surface area contributed by atoms with Crippen molar-refractivity contribution in [2.24, 2.45) is 0 Å². The molecule has 0 saturated carbocycles. The van der Waals surface area contributed by atoms with Crippen LogP contribution in [0.5, 0.6) is 0 Å². The quantitative estimate of drug-likeness (QED) is 0.836. The number of rotatable bonds is 4. The number of oxazole rings is 1. The van der Waals surface area contributed by atoms with Gasteiger partial charge in [-0.05, 0) is 26.3 Å². The Bertz CT molecular complexity index is 394. The second-order valence-corrected chi connectivity index (χ2v) is 4.45. The molecule has 1 aliphatic heterocycles. The minimum absolute atomic E-state index is 0.0670. The Hall–Kier alpha value is -1.36. The Morgan fingerprint density at radius 2 is 2.41 bits per heavy atom. The number of nitrogens with zero attached hydrogens (tertiary/aromatic N) is 1. The Kier molecular flexibility index (Phi) is 3.78. The maximum atomic E-state index is 10.5. The lowest BCUT2D eigenvalue weighted by Gasteiger charge is -2.21. The average molecular weight is 238 g/mol. The van der Waals surface area contributed by atoms with Crippen LogP contribution in [-0.2, 0) is 11.2 Å². The lowest BCUT2D eigenvalue weighted by molar-refractivity contribution is -0.137. The number of aliphatic carboxylic acids is 1. The molecular weight excluding hydrogens is 220 g/mol. The van der Waals surface area contributed by atoms with E-state index in [2.05, 4.69) is 10.3 Å². The van der Waals surface area contributed by atoms with Crippen molar-refractivity contribution in [2.45, 2.75) is 45.1 Å².